The molecule has 0 saturated heterocycles. The monoisotopic (exact) mass is 291 g/mol. The van der Waals surface area contributed by atoms with Crippen LogP contribution >= 0.6 is 15.9 Å². The van der Waals surface area contributed by atoms with E-state index < -0.39 is 17.7 Å². The Morgan fingerprint density at radius 1 is 1.31 bits per heavy atom. The average Bonchev–Trinajstić information content (AvgIpc) is 2.57. The fourth-order valence-electron chi connectivity index (χ4n) is 1.97. The Labute approximate surface area is 101 Å². The van der Waals surface area contributed by atoms with E-state index in [1.165, 1.54) is 6.07 Å². The fourth-order valence-corrected chi connectivity index (χ4v) is 2.50. The van der Waals surface area contributed by atoms with Gasteiger partial charge in [-0.25, -0.2) is 8.78 Å². The van der Waals surface area contributed by atoms with Gasteiger partial charge in [0.25, 0.3) is 0 Å². The Bertz CT molecular complexity index is 377. The van der Waals surface area contributed by atoms with Crippen molar-refractivity contribution in [1.82, 2.24) is 0 Å². The van der Waals surface area contributed by atoms with Crippen LogP contribution in [0.2, 0.25) is 0 Å². The van der Waals surface area contributed by atoms with Crippen LogP contribution in [0, 0.1) is 11.6 Å². The summed E-state index contributed by atoms with van der Waals surface area (Å²) in [7, 11) is 0. The van der Waals surface area contributed by atoms with E-state index in [4.69, 9.17) is 0 Å². The van der Waals surface area contributed by atoms with E-state index in [0.717, 1.165) is 25.3 Å². The highest BCUT2D eigenvalue weighted by molar-refractivity contribution is 9.10. The van der Waals surface area contributed by atoms with Crippen molar-refractivity contribution in [3.05, 3.63) is 28.2 Å². The zero-order valence-electron chi connectivity index (χ0n) is 8.51. The molecule has 16 heavy (non-hydrogen) atoms. The SMILES string of the molecule is O[C@H]1CCC[C@@H]1Nc1c(F)cc(F)cc1Br. The van der Waals surface area contributed by atoms with Crippen LogP contribution in [-0.4, -0.2) is 17.3 Å². The third kappa shape index (κ3) is 2.35. The maximum atomic E-state index is 13.5. The van der Waals surface area contributed by atoms with Crippen molar-refractivity contribution in [2.24, 2.45) is 0 Å². The number of hydrogen-bond donors (Lipinski definition) is 2. The lowest BCUT2D eigenvalue weighted by Gasteiger charge is -2.19. The maximum absolute atomic E-state index is 13.5. The van der Waals surface area contributed by atoms with Gasteiger partial charge >= 0.3 is 0 Å². The minimum Gasteiger partial charge on any atom is -0.391 e. The Balaban J connectivity index is 2.21. The number of aliphatic hydroxyl groups excluding tert-OH is 1. The van der Waals surface area contributed by atoms with Crippen molar-refractivity contribution in [3.8, 4) is 0 Å². The van der Waals surface area contributed by atoms with Gasteiger partial charge in [0.15, 0.2) is 0 Å². The lowest BCUT2D eigenvalue weighted by atomic mass is 10.2. The van der Waals surface area contributed by atoms with Crippen LogP contribution in [0.15, 0.2) is 16.6 Å². The van der Waals surface area contributed by atoms with Gasteiger partial charge in [-0.05, 0) is 41.3 Å². The van der Waals surface area contributed by atoms with Gasteiger partial charge in [-0.2, -0.15) is 0 Å². The molecule has 1 saturated carbocycles. The summed E-state index contributed by atoms with van der Waals surface area (Å²) in [5.74, 6) is -1.27. The topological polar surface area (TPSA) is 32.3 Å². The summed E-state index contributed by atoms with van der Waals surface area (Å²) in [6.45, 7) is 0. The van der Waals surface area contributed by atoms with E-state index >= 15 is 0 Å². The summed E-state index contributed by atoms with van der Waals surface area (Å²) in [6, 6.07) is 1.87. The molecule has 0 unspecified atom stereocenters. The molecule has 0 aliphatic heterocycles. The smallest absolute Gasteiger partial charge is 0.150 e. The number of benzene rings is 1. The van der Waals surface area contributed by atoms with Gasteiger partial charge in [-0.3, -0.25) is 0 Å². The van der Waals surface area contributed by atoms with Crippen LogP contribution in [0.1, 0.15) is 19.3 Å². The third-order valence-electron chi connectivity index (χ3n) is 2.82. The van der Waals surface area contributed by atoms with Crippen molar-refractivity contribution >= 4 is 21.6 Å². The molecule has 1 fully saturated rings. The fraction of sp³-hybridized carbons (Fsp3) is 0.455. The van der Waals surface area contributed by atoms with Gasteiger partial charge in [0.1, 0.15) is 11.6 Å². The molecule has 1 aromatic carbocycles. The van der Waals surface area contributed by atoms with E-state index in [1.54, 1.807) is 0 Å². The minimum absolute atomic E-state index is 0.156. The number of aliphatic hydroxyl groups is 1. The molecular formula is C11H12BrF2NO. The summed E-state index contributed by atoms with van der Waals surface area (Å²) in [4.78, 5) is 0. The van der Waals surface area contributed by atoms with Gasteiger partial charge < -0.3 is 10.4 Å². The van der Waals surface area contributed by atoms with E-state index in [2.05, 4.69) is 21.2 Å². The lowest BCUT2D eigenvalue weighted by molar-refractivity contribution is 0.171. The molecule has 1 aromatic rings. The highest BCUT2D eigenvalue weighted by Gasteiger charge is 2.26. The number of nitrogens with one attached hydrogen (secondary N) is 1. The van der Waals surface area contributed by atoms with Crippen LogP contribution < -0.4 is 5.32 Å². The van der Waals surface area contributed by atoms with Crippen LogP contribution in [0.4, 0.5) is 14.5 Å². The molecule has 2 rings (SSSR count). The summed E-state index contributed by atoms with van der Waals surface area (Å²) in [5.41, 5.74) is 0.215. The molecule has 2 nitrogen and oxygen atoms in total. The summed E-state index contributed by atoms with van der Waals surface area (Å²) >= 11 is 3.10. The second-order valence-corrected chi connectivity index (χ2v) is 4.85. The molecule has 2 N–H and O–H groups in total. The molecule has 88 valence electrons. The largest absolute Gasteiger partial charge is 0.391 e. The molecule has 0 spiro atoms. The first-order valence-electron chi connectivity index (χ1n) is 5.17. The van der Waals surface area contributed by atoms with Crippen molar-refractivity contribution in [2.45, 2.75) is 31.4 Å². The highest BCUT2D eigenvalue weighted by atomic mass is 79.9. The zero-order valence-corrected chi connectivity index (χ0v) is 10.1. The molecule has 1 aliphatic carbocycles. The zero-order chi connectivity index (χ0) is 11.7. The van der Waals surface area contributed by atoms with Gasteiger partial charge in [0.05, 0.1) is 17.8 Å². The van der Waals surface area contributed by atoms with Crippen molar-refractivity contribution in [3.63, 3.8) is 0 Å². The number of anilines is 1. The maximum Gasteiger partial charge on any atom is 0.150 e. The molecule has 2 atom stereocenters. The first kappa shape index (κ1) is 11.8. The van der Waals surface area contributed by atoms with Crippen LogP contribution in [-0.2, 0) is 0 Å². The Kier molecular flexibility index (Phi) is 3.44. The van der Waals surface area contributed by atoms with Crippen LogP contribution in [0.3, 0.4) is 0 Å². The van der Waals surface area contributed by atoms with Gasteiger partial charge in [0, 0.05) is 10.5 Å². The van der Waals surface area contributed by atoms with Crippen molar-refractivity contribution < 1.29 is 13.9 Å². The normalized spacial score (nSPS) is 24.8. The van der Waals surface area contributed by atoms with Gasteiger partial charge in [-0.1, -0.05) is 0 Å². The van der Waals surface area contributed by atoms with Gasteiger partial charge in [-0.15, -0.1) is 0 Å². The predicted molar refractivity (Wildman–Crippen MR) is 61.3 cm³/mol. The van der Waals surface area contributed by atoms with E-state index in [0.29, 0.717) is 4.47 Å². The summed E-state index contributed by atoms with van der Waals surface area (Å²) in [5, 5.41) is 12.5. The second kappa shape index (κ2) is 4.67. The molecule has 0 bridgehead atoms. The molecule has 0 radical (unpaired) electrons. The van der Waals surface area contributed by atoms with E-state index in [-0.39, 0.29) is 11.7 Å². The average molecular weight is 292 g/mol. The number of hydrogen-bond acceptors (Lipinski definition) is 2. The molecule has 0 amide bonds. The van der Waals surface area contributed by atoms with E-state index in [1.807, 2.05) is 0 Å². The highest BCUT2D eigenvalue weighted by Crippen LogP contribution is 2.30. The van der Waals surface area contributed by atoms with Crippen molar-refractivity contribution in [1.29, 1.82) is 0 Å². The second-order valence-electron chi connectivity index (χ2n) is 3.99. The summed E-state index contributed by atoms with van der Waals surface area (Å²) < 4.78 is 26.7. The first-order valence-corrected chi connectivity index (χ1v) is 5.96. The number of rotatable bonds is 2. The quantitative estimate of drug-likeness (QED) is 0.878. The first-order chi connectivity index (χ1) is 7.58. The molecule has 1 aliphatic rings. The predicted octanol–water partition coefficient (Wildman–Crippen LogP) is 3.05. The summed E-state index contributed by atoms with van der Waals surface area (Å²) in [6.07, 6.45) is 1.97. The Morgan fingerprint density at radius 3 is 2.62 bits per heavy atom. The van der Waals surface area contributed by atoms with Crippen LogP contribution in [0.5, 0.6) is 0 Å². The van der Waals surface area contributed by atoms with E-state index in [9.17, 15) is 13.9 Å². The standard InChI is InChI=1S/C11H12BrF2NO/c12-7-4-6(13)5-8(14)11(7)15-9-2-1-3-10(9)16/h4-5,9-10,15-16H,1-3H2/t9-,10-/m0/s1. The lowest BCUT2D eigenvalue weighted by Crippen LogP contribution is -2.28. The number of halogens is 3. The van der Waals surface area contributed by atoms with Gasteiger partial charge in [0.2, 0.25) is 0 Å². The van der Waals surface area contributed by atoms with Crippen LogP contribution in [0.25, 0.3) is 0 Å². The molecule has 5 heteroatoms. The molecular weight excluding hydrogens is 280 g/mol. The molecule has 0 aromatic heterocycles. The minimum atomic E-state index is -0.647. The Morgan fingerprint density at radius 2 is 2.06 bits per heavy atom. The Hall–Kier alpha value is -0.680. The molecule has 0 heterocycles. The van der Waals surface area contributed by atoms with Crippen molar-refractivity contribution in [2.75, 3.05) is 5.32 Å². The third-order valence-corrected chi connectivity index (χ3v) is 3.44.